The van der Waals surface area contributed by atoms with E-state index in [9.17, 15) is 0 Å². The highest BCUT2D eigenvalue weighted by Crippen LogP contribution is 2.32. The van der Waals surface area contributed by atoms with Crippen molar-refractivity contribution in [1.82, 2.24) is 9.97 Å². The van der Waals surface area contributed by atoms with Crippen LogP contribution in [-0.2, 0) is 4.74 Å². The topological polar surface area (TPSA) is 38.2 Å². The van der Waals surface area contributed by atoms with Crippen LogP contribution in [0.5, 0.6) is 0 Å². The largest absolute Gasteiger partial charge is 0.361 e. The van der Waals surface area contributed by atoms with Gasteiger partial charge in [0.2, 0.25) is 0 Å². The second-order valence-electron chi connectivity index (χ2n) is 5.40. The number of pyridine rings is 2. The average molecular weight is 292 g/mol. The molecule has 0 radical (unpaired) electrons. The number of ether oxygens (including phenoxy) is 1. The predicted molar refractivity (Wildman–Crippen MR) is 81.4 cm³/mol. The summed E-state index contributed by atoms with van der Waals surface area (Å²) in [5.41, 5.74) is 1.20. The van der Waals surface area contributed by atoms with E-state index in [0.717, 1.165) is 36.2 Å². The van der Waals surface area contributed by atoms with E-state index in [0.29, 0.717) is 17.8 Å². The molecule has 2 aromatic heterocycles. The molecule has 3 heterocycles. The zero-order chi connectivity index (χ0) is 14.1. The fourth-order valence-corrected chi connectivity index (χ4v) is 2.75. The van der Waals surface area contributed by atoms with Crippen molar-refractivity contribution in [3.8, 4) is 0 Å². The molecule has 2 aromatic rings. The van der Waals surface area contributed by atoms with Gasteiger partial charge in [0.15, 0.2) is 0 Å². The van der Waals surface area contributed by atoms with E-state index >= 15 is 0 Å². The molecular weight excluding hydrogens is 274 g/mol. The van der Waals surface area contributed by atoms with E-state index < -0.39 is 0 Å². The summed E-state index contributed by atoms with van der Waals surface area (Å²) >= 11 is 6.06. The Morgan fingerprint density at radius 2 is 2.10 bits per heavy atom. The van der Waals surface area contributed by atoms with Gasteiger partial charge < -0.3 is 9.64 Å². The molecule has 1 aliphatic heterocycles. The molecule has 0 atom stereocenters. The number of aromatic nitrogens is 2. The fourth-order valence-electron chi connectivity index (χ4n) is 2.59. The zero-order valence-electron chi connectivity index (χ0n) is 11.8. The Balaban J connectivity index is 2.16. The Labute approximate surface area is 123 Å². The maximum atomic E-state index is 6.06. The van der Waals surface area contributed by atoms with Crippen LogP contribution >= 0.6 is 11.6 Å². The smallest absolute Gasteiger partial charge is 0.139 e. The Hall–Kier alpha value is -1.39. The van der Waals surface area contributed by atoms with Crippen LogP contribution < -0.4 is 4.90 Å². The molecule has 0 unspecified atom stereocenters. The number of fused-ring (bicyclic) bond motifs is 1. The van der Waals surface area contributed by atoms with Crippen LogP contribution in [0, 0.1) is 0 Å². The molecule has 0 spiro atoms. The number of halogens is 1. The van der Waals surface area contributed by atoms with Gasteiger partial charge in [-0.1, -0.05) is 25.4 Å². The van der Waals surface area contributed by atoms with Gasteiger partial charge in [0.1, 0.15) is 17.7 Å². The lowest BCUT2D eigenvalue weighted by molar-refractivity contribution is 0.107. The Kier molecular flexibility index (Phi) is 3.76. The van der Waals surface area contributed by atoms with Gasteiger partial charge in [-0.05, 0) is 29.4 Å². The third-order valence-electron chi connectivity index (χ3n) is 3.63. The number of anilines is 1. The molecule has 3 rings (SSSR count). The highest BCUT2D eigenvalue weighted by Gasteiger charge is 2.18. The monoisotopic (exact) mass is 291 g/mol. The summed E-state index contributed by atoms with van der Waals surface area (Å²) in [6.45, 7) is 6.70. The van der Waals surface area contributed by atoms with Crippen LogP contribution in [0.4, 0.5) is 5.82 Å². The lowest BCUT2D eigenvalue weighted by atomic mass is 9.99. The summed E-state index contributed by atoms with van der Waals surface area (Å²) in [7, 11) is 0. The first-order chi connectivity index (χ1) is 9.66. The van der Waals surface area contributed by atoms with Gasteiger partial charge in [-0.2, -0.15) is 0 Å². The van der Waals surface area contributed by atoms with Gasteiger partial charge in [0.05, 0.1) is 6.61 Å². The summed E-state index contributed by atoms with van der Waals surface area (Å²) in [4.78, 5) is 11.0. The molecule has 5 heteroatoms. The van der Waals surface area contributed by atoms with Crippen molar-refractivity contribution in [3.05, 3.63) is 29.2 Å². The van der Waals surface area contributed by atoms with E-state index in [1.807, 2.05) is 18.5 Å². The molecule has 1 fully saturated rings. The first kappa shape index (κ1) is 13.6. The fraction of sp³-hybridized carbons (Fsp3) is 0.467. The SMILES string of the molecule is CC(C)c1cnc(N2CCCOC2)c2cnc(Cl)cc12. The van der Waals surface area contributed by atoms with Crippen molar-refractivity contribution < 1.29 is 4.74 Å². The maximum absolute atomic E-state index is 6.06. The molecule has 106 valence electrons. The van der Waals surface area contributed by atoms with Gasteiger partial charge in [-0.25, -0.2) is 9.97 Å². The molecule has 0 N–H and O–H groups in total. The van der Waals surface area contributed by atoms with Crippen LogP contribution in [0.2, 0.25) is 5.15 Å². The maximum Gasteiger partial charge on any atom is 0.139 e. The van der Waals surface area contributed by atoms with Crippen LogP contribution in [0.25, 0.3) is 10.8 Å². The van der Waals surface area contributed by atoms with Gasteiger partial charge in [-0.15, -0.1) is 0 Å². The minimum Gasteiger partial charge on any atom is -0.361 e. The van der Waals surface area contributed by atoms with Crippen molar-refractivity contribution in [3.63, 3.8) is 0 Å². The summed E-state index contributed by atoms with van der Waals surface area (Å²) in [5, 5.41) is 2.70. The Morgan fingerprint density at radius 1 is 1.25 bits per heavy atom. The molecular formula is C15H18ClN3O. The van der Waals surface area contributed by atoms with E-state index in [4.69, 9.17) is 16.3 Å². The minimum atomic E-state index is 0.398. The molecule has 0 aliphatic carbocycles. The van der Waals surface area contributed by atoms with E-state index in [2.05, 4.69) is 28.7 Å². The summed E-state index contributed by atoms with van der Waals surface area (Å²) in [6.07, 6.45) is 4.80. The molecule has 0 saturated carbocycles. The quantitative estimate of drug-likeness (QED) is 0.793. The highest BCUT2D eigenvalue weighted by atomic mass is 35.5. The Bertz CT molecular complexity index is 624. The normalized spacial score (nSPS) is 16.1. The molecule has 0 amide bonds. The third kappa shape index (κ3) is 2.45. The van der Waals surface area contributed by atoms with E-state index in [-0.39, 0.29) is 0 Å². The molecule has 4 nitrogen and oxygen atoms in total. The standard InChI is InChI=1S/C15H18ClN3O/c1-10(2)12-7-18-15(19-4-3-5-20-9-19)13-8-17-14(16)6-11(12)13/h6-8,10H,3-5,9H2,1-2H3. The van der Waals surface area contributed by atoms with Crippen LogP contribution in [0.3, 0.4) is 0 Å². The summed E-state index contributed by atoms with van der Waals surface area (Å²) in [5.74, 6) is 1.34. The van der Waals surface area contributed by atoms with Crippen molar-refractivity contribution in [2.24, 2.45) is 0 Å². The van der Waals surface area contributed by atoms with Gasteiger partial charge in [0, 0.05) is 24.3 Å². The first-order valence-corrected chi connectivity index (χ1v) is 7.31. The molecule has 1 saturated heterocycles. The van der Waals surface area contributed by atoms with Gasteiger partial charge in [-0.3, -0.25) is 0 Å². The van der Waals surface area contributed by atoms with Crippen molar-refractivity contribution >= 4 is 28.2 Å². The first-order valence-electron chi connectivity index (χ1n) is 6.93. The van der Waals surface area contributed by atoms with Crippen molar-refractivity contribution in [2.75, 3.05) is 24.8 Å². The molecule has 0 bridgehead atoms. The lowest BCUT2D eigenvalue weighted by Gasteiger charge is -2.29. The number of rotatable bonds is 2. The molecule has 1 aliphatic rings. The second kappa shape index (κ2) is 5.54. The van der Waals surface area contributed by atoms with Crippen molar-refractivity contribution in [2.45, 2.75) is 26.2 Å². The second-order valence-corrected chi connectivity index (χ2v) is 5.79. The summed E-state index contributed by atoms with van der Waals surface area (Å²) in [6, 6.07) is 1.93. The summed E-state index contributed by atoms with van der Waals surface area (Å²) < 4.78 is 5.53. The lowest BCUT2D eigenvalue weighted by Crippen LogP contribution is -2.33. The van der Waals surface area contributed by atoms with Crippen LogP contribution in [0.15, 0.2) is 18.5 Å². The van der Waals surface area contributed by atoms with Crippen LogP contribution in [0.1, 0.15) is 31.7 Å². The van der Waals surface area contributed by atoms with Crippen LogP contribution in [-0.4, -0.2) is 29.9 Å². The highest BCUT2D eigenvalue weighted by molar-refractivity contribution is 6.30. The number of hydrogen-bond donors (Lipinski definition) is 0. The van der Waals surface area contributed by atoms with Gasteiger partial charge >= 0.3 is 0 Å². The molecule has 20 heavy (non-hydrogen) atoms. The zero-order valence-corrected chi connectivity index (χ0v) is 12.5. The van der Waals surface area contributed by atoms with E-state index in [1.165, 1.54) is 5.56 Å². The Morgan fingerprint density at radius 3 is 2.80 bits per heavy atom. The predicted octanol–water partition coefficient (Wildman–Crippen LogP) is 3.59. The minimum absolute atomic E-state index is 0.398. The van der Waals surface area contributed by atoms with Crippen molar-refractivity contribution in [1.29, 1.82) is 0 Å². The average Bonchev–Trinajstić information content (AvgIpc) is 2.46. The third-order valence-corrected chi connectivity index (χ3v) is 3.84. The van der Waals surface area contributed by atoms with E-state index in [1.54, 1.807) is 0 Å². The number of hydrogen-bond acceptors (Lipinski definition) is 4. The van der Waals surface area contributed by atoms with Gasteiger partial charge in [0.25, 0.3) is 0 Å². The molecule has 0 aromatic carbocycles. The number of nitrogens with zero attached hydrogens (tertiary/aromatic N) is 3.